The molecule has 1 aromatic carbocycles. The van der Waals surface area contributed by atoms with Gasteiger partial charge in [0.15, 0.2) is 0 Å². The molecule has 0 radical (unpaired) electrons. The maximum atomic E-state index is 11.9. The average molecular weight is 298 g/mol. The van der Waals surface area contributed by atoms with Crippen LogP contribution in [0.2, 0.25) is 0 Å². The van der Waals surface area contributed by atoms with Gasteiger partial charge in [-0.25, -0.2) is 4.79 Å². The molecule has 2 aromatic rings. The highest BCUT2D eigenvalue weighted by Gasteiger charge is 2.24. The van der Waals surface area contributed by atoms with E-state index in [-0.39, 0.29) is 6.61 Å². The number of para-hydroxylation sites is 1. The van der Waals surface area contributed by atoms with Crippen molar-refractivity contribution in [2.75, 3.05) is 6.61 Å². The number of benzene rings is 1. The molecule has 0 bridgehead atoms. The van der Waals surface area contributed by atoms with Crippen LogP contribution in [-0.4, -0.2) is 12.8 Å². The van der Waals surface area contributed by atoms with Crippen molar-refractivity contribution in [3.8, 4) is 5.75 Å². The summed E-state index contributed by atoms with van der Waals surface area (Å²) in [5.41, 5.74) is -0.121. The van der Waals surface area contributed by atoms with Crippen LogP contribution in [-0.2, 0) is 0 Å². The number of hydrogen-bond donors (Lipinski definition) is 0. The molecule has 0 N–H and O–H groups in total. The zero-order chi connectivity index (χ0) is 15.3. The zero-order valence-corrected chi connectivity index (χ0v) is 11.0. The van der Waals surface area contributed by atoms with Crippen LogP contribution in [0.25, 0.3) is 11.0 Å². The largest absolute Gasteiger partial charge is 0.492 e. The van der Waals surface area contributed by atoms with Crippen LogP contribution in [0.15, 0.2) is 51.7 Å². The van der Waals surface area contributed by atoms with Crippen LogP contribution in [0.1, 0.15) is 12.8 Å². The lowest BCUT2D eigenvalue weighted by molar-refractivity contribution is -0.125. The first-order valence-electron chi connectivity index (χ1n) is 6.33. The van der Waals surface area contributed by atoms with E-state index >= 15 is 0 Å². The molecule has 112 valence electrons. The highest BCUT2D eigenvalue weighted by atomic mass is 19.4. The predicted octanol–water partition coefficient (Wildman–Crippen LogP) is 4.07. The molecular weight excluding hydrogens is 285 g/mol. The van der Waals surface area contributed by atoms with E-state index in [1.807, 2.05) is 0 Å². The summed E-state index contributed by atoms with van der Waals surface area (Å²) in [6.07, 6.45) is -2.36. The number of hydrogen-bond acceptors (Lipinski definition) is 3. The van der Waals surface area contributed by atoms with Crippen molar-refractivity contribution in [2.45, 2.75) is 19.0 Å². The quantitative estimate of drug-likeness (QED) is 0.474. The Morgan fingerprint density at radius 3 is 2.71 bits per heavy atom. The van der Waals surface area contributed by atoms with Crippen LogP contribution in [0.5, 0.6) is 5.75 Å². The monoisotopic (exact) mass is 298 g/mol. The van der Waals surface area contributed by atoms with Gasteiger partial charge in [-0.3, -0.25) is 0 Å². The second-order valence-electron chi connectivity index (χ2n) is 4.35. The second-order valence-corrected chi connectivity index (χ2v) is 4.35. The third-order valence-corrected chi connectivity index (χ3v) is 2.67. The Labute approximate surface area is 118 Å². The minimum absolute atomic E-state index is 0.182. The van der Waals surface area contributed by atoms with Crippen LogP contribution in [0, 0.1) is 0 Å². The zero-order valence-electron chi connectivity index (χ0n) is 11.0. The van der Waals surface area contributed by atoms with E-state index in [1.165, 1.54) is 12.1 Å². The van der Waals surface area contributed by atoms with Crippen LogP contribution in [0.3, 0.4) is 0 Å². The van der Waals surface area contributed by atoms with Gasteiger partial charge in [0.2, 0.25) is 0 Å². The highest BCUT2D eigenvalue weighted by Crippen LogP contribution is 2.23. The summed E-state index contributed by atoms with van der Waals surface area (Å²) in [5, 5.41) is 0.649. The van der Waals surface area contributed by atoms with E-state index in [1.54, 1.807) is 24.3 Å². The van der Waals surface area contributed by atoms with Gasteiger partial charge in [-0.2, -0.15) is 13.2 Å². The maximum absolute atomic E-state index is 11.9. The number of rotatable bonds is 5. The van der Waals surface area contributed by atoms with E-state index in [0.29, 0.717) is 23.1 Å². The van der Waals surface area contributed by atoms with Gasteiger partial charge in [0, 0.05) is 0 Å². The van der Waals surface area contributed by atoms with Gasteiger partial charge in [-0.05, 0) is 18.6 Å². The molecule has 1 aromatic heterocycles. The minimum Gasteiger partial charge on any atom is -0.492 e. The van der Waals surface area contributed by atoms with Crippen LogP contribution in [0.4, 0.5) is 13.2 Å². The number of fused-ring (bicyclic) bond motifs is 1. The van der Waals surface area contributed by atoms with E-state index in [9.17, 15) is 18.0 Å². The molecule has 2 rings (SSSR count). The summed E-state index contributed by atoms with van der Waals surface area (Å²) in [4.78, 5) is 11.4. The summed E-state index contributed by atoms with van der Waals surface area (Å²) in [6.45, 7) is 0.182. The summed E-state index contributed by atoms with van der Waals surface area (Å²) < 4.78 is 46.2. The minimum atomic E-state index is -4.19. The standard InChI is InChI=1S/C15H13F3O3/c16-15(17,18)8-4-1-5-9-20-13-10-14(19)21-12-7-3-2-6-11(12)13/h1-4,6-7,10H,5,8-9H2/b4-1+. The molecule has 1 heterocycles. The van der Waals surface area contributed by atoms with E-state index in [2.05, 4.69) is 0 Å². The van der Waals surface area contributed by atoms with Gasteiger partial charge in [0.05, 0.1) is 24.5 Å². The Balaban J connectivity index is 1.96. The molecular formula is C15H13F3O3. The lowest BCUT2D eigenvalue weighted by Crippen LogP contribution is -2.04. The van der Waals surface area contributed by atoms with E-state index in [0.717, 1.165) is 6.08 Å². The van der Waals surface area contributed by atoms with Gasteiger partial charge in [-0.15, -0.1) is 0 Å². The van der Waals surface area contributed by atoms with Crippen molar-refractivity contribution in [3.63, 3.8) is 0 Å². The van der Waals surface area contributed by atoms with E-state index in [4.69, 9.17) is 9.15 Å². The molecule has 0 amide bonds. The first-order chi connectivity index (χ1) is 9.96. The number of ether oxygens (including phenoxy) is 1. The molecule has 0 saturated carbocycles. The van der Waals surface area contributed by atoms with Gasteiger partial charge in [0.25, 0.3) is 0 Å². The number of allylic oxidation sites excluding steroid dienone is 1. The lowest BCUT2D eigenvalue weighted by Gasteiger charge is -2.07. The topological polar surface area (TPSA) is 39.4 Å². The lowest BCUT2D eigenvalue weighted by atomic mass is 10.2. The fraction of sp³-hybridized carbons (Fsp3) is 0.267. The molecule has 3 nitrogen and oxygen atoms in total. The first kappa shape index (κ1) is 15.2. The molecule has 0 spiro atoms. The van der Waals surface area contributed by atoms with Crippen molar-refractivity contribution < 1.29 is 22.3 Å². The Kier molecular flexibility index (Phi) is 4.67. The molecule has 0 aliphatic rings. The summed E-state index contributed by atoms with van der Waals surface area (Å²) >= 11 is 0. The van der Waals surface area contributed by atoms with Crippen LogP contribution < -0.4 is 10.4 Å². The molecule has 0 aliphatic heterocycles. The third-order valence-electron chi connectivity index (χ3n) is 2.67. The second kappa shape index (κ2) is 6.47. The third kappa shape index (κ3) is 4.66. The van der Waals surface area contributed by atoms with Crippen molar-refractivity contribution >= 4 is 11.0 Å². The highest BCUT2D eigenvalue weighted by molar-refractivity contribution is 5.82. The van der Waals surface area contributed by atoms with Crippen molar-refractivity contribution in [1.29, 1.82) is 0 Å². The summed E-state index contributed by atoms with van der Waals surface area (Å²) in [6, 6.07) is 8.12. The Bertz CT molecular complexity index is 686. The van der Waals surface area contributed by atoms with Crippen LogP contribution >= 0.6 is 0 Å². The number of halogens is 3. The van der Waals surface area contributed by atoms with Gasteiger partial charge >= 0.3 is 11.8 Å². The van der Waals surface area contributed by atoms with Crippen molar-refractivity contribution in [2.24, 2.45) is 0 Å². The smallest absolute Gasteiger partial charge is 0.392 e. The Morgan fingerprint density at radius 1 is 1.19 bits per heavy atom. The molecule has 6 heteroatoms. The summed E-state index contributed by atoms with van der Waals surface area (Å²) in [7, 11) is 0. The van der Waals surface area contributed by atoms with E-state index < -0.39 is 18.2 Å². The number of alkyl halides is 3. The molecule has 0 fully saturated rings. The van der Waals surface area contributed by atoms with Gasteiger partial charge < -0.3 is 9.15 Å². The Morgan fingerprint density at radius 2 is 1.95 bits per heavy atom. The van der Waals surface area contributed by atoms with Gasteiger partial charge in [0.1, 0.15) is 11.3 Å². The SMILES string of the molecule is O=c1cc(OCC/C=C/CC(F)(F)F)c2ccccc2o1. The molecule has 0 saturated heterocycles. The maximum Gasteiger partial charge on any atom is 0.392 e. The average Bonchev–Trinajstić information content (AvgIpc) is 2.41. The molecule has 0 unspecified atom stereocenters. The fourth-order valence-electron chi connectivity index (χ4n) is 1.77. The first-order valence-corrected chi connectivity index (χ1v) is 6.33. The normalized spacial score (nSPS) is 12.1. The predicted molar refractivity (Wildman–Crippen MR) is 72.4 cm³/mol. The van der Waals surface area contributed by atoms with Crippen molar-refractivity contribution in [1.82, 2.24) is 0 Å². The molecule has 21 heavy (non-hydrogen) atoms. The molecule has 0 aliphatic carbocycles. The molecule has 0 atom stereocenters. The Hall–Kier alpha value is -2.24. The van der Waals surface area contributed by atoms with Gasteiger partial charge in [-0.1, -0.05) is 24.3 Å². The fourth-order valence-corrected chi connectivity index (χ4v) is 1.77. The summed E-state index contributed by atoms with van der Waals surface area (Å²) in [5.74, 6) is 0.367. The van der Waals surface area contributed by atoms with Crippen molar-refractivity contribution in [3.05, 3.63) is 52.9 Å².